The lowest BCUT2D eigenvalue weighted by molar-refractivity contribution is 0.508. The van der Waals surface area contributed by atoms with E-state index in [-0.39, 0.29) is 17.2 Å². The number of aromatic amines is 1. The van der Waals surface area contributed by atoms with Gasteiger partial charge < -0.3 is 4.98 Å². The van der Waals surface area contributed by atoms with Crippen molar-refractivity contribution in [1.82, 2.24) is 30.1 Å². The number of rotatable bonds is 3. The second-order valence-electron chi connectivity index (χ2n) is 8.25. The highest BCUT2D eigenvalue weighted by atomic mass is 19.1. The van der Waals surface area contributed by atoms with Crippen LogP contribution in [0.15, 0.2) is 53.8 Å². The molecule has 1 N–H and O–H groups in total. The second kappa shape index (κ2) is 6.81. The van der Waals surface area contributed by atoms with Gasteiger partial charge in [-0.15, -0.1) is 5.10 Å². The van der Waals surface area contributed by atoms with Crippen molar-refractivity contribution in [2.45, 2.75) is 30.6 Å². The number of fused-ring (bicyclic) bond motifs is 5. The zero-order chi connectivity index (χ0) is 21.9. The molecule has 3 heterocycles. The van der Waals surface area contributed by atoms with Crippen molar-refractivity contribution in [2.24, 2.45) is 0 Å². The van der Waals surface area contributed by atoms with E-state index >= 15 is 0 Å². The number of H-pyrrole nitrogens is 1. The molecule has 4 aromatic rings. The lowest BCUT2D eigenvalue weighted by Gasteiger charge is -2.27. The summed E-state index contributed by atoms with van der Waals surface area (Å²) in [7, 11) is 0. The normalized spacial score (nSPS) is 21.0. The van der Waals surface area contributed by atoms with Gasteiger partial charge >= 0.3 is 5.69 Å². The monoisotopic (exact) mass is 430 g/mol. The average molecular weight is 430 g/mol. The van der Waals surface area contributed by atoms with Gasteiger partial charge in [-0.25, -0.2) is 23.5 Å². The number of benzene rings is 1. The average Bonchev–Trinajstić information content (AvgIpc) is 3.39. The number of nitrogens with one attached hydrogen (secondary N) is 1. The third-order valence-electron chi connectivity index (χ3n) is 6.54. The van der Waals surface area contributed by atoms with Crippen molar-refractivity contribution in [1.29, 1.82) is 0 Å². The van der Waals surface area contributed by atoms with Gasteiger partial charge in [-0.3, -0.25) is 4.98 Å². The van der Waals surface area contributed by atoms with Crippen LogP contribution in [0.25, 0.3) is 22.5 Å². The lowest BCUT2D eigenvalue weighted by Crippen LogP contribution is -2.26. The van der Waals surface area contributed by atoms with Crippen molar-refractivity contribution in [3.05, 3.63) is 88.1 Å². The molecule has 32 heavy (non-hydrogen) atoms. The molecule has 0 amide bonds. The molecule has 0 radical (unpaired) electrons. The Kier molecular flexibility index (Phi) is 4.01. The molecular weight excluding hydrogens is 414 g/mol. The molecule has 6 rings (SSSR count). The first-order valence-corrected chi connectivity index (χ1v) is 10.3. The summed E-state index contributed by atoms with van der Waals surface area (Å²) < 4.78 is 28.6. The van der Waals surface area contributed by atoms with Crippen LogP contribution >= 0.6 is 0 Å². The van der Waals surface area contributed by atoms with Gasteiger partial charge in [-0.2, -0.15) is 5.10 Å². The Bertz CT molecular complexity index is 1400. The number of aromatic nitrogens is 6. The molecule has 0 spiro atoms. The summed E-state index contributed by atoms with van der Waals surface area (Å²) in [5.74, 6) is -1.11. The highest BCUT2D eigenvalue weighted by Crippen LogP contribution is 2.59. The summed E-state index contributed by atoms with van der Waals surface area (Å²) in [4.78, 5) is 26.8. The Labute approximate surface area is 180 Å². The van der Waals surface area contributed by atoms with Gasteiger partial charge in [0.2, 0.25) is 0 Å². The van der Waals surface area contributed by atoms with E-state index < -0.39 is 22.7 Å². The van der Waals surface area contributed by atoms with Crippen molar-refractivity contribution >= 4 is 0 Å². The maximum atomic E-state index is 14.3. The summed E-state index contributed by atoms with van der Waals surface area (Å²) in [6.45, 7) is 0. The van der Waals surface area contributed by atoms with Crippen LogP contribution in [0.1, 0.15) is 42.1 Å². The summed E-state index contributed by atoms with van der Waals surface area (Å²) in [6.07, 6.45) is 8.91. The van der Waals surface area contributed by atoms with E-state index in [0.29, 0.717) is 11.3 Å². The van der Waals surface area contributed by atoms with Gasteiger partial charge in [0.25, 0.3) is 0 Å². The van der Waals surface area contributed by atoms with E-state index in [1.54, 1.807) is 24.7 Å². The molecule has 2 atom stereocenters. The Morgan fingerprint density at radius 3 is 2.69 bits per heavy atom. The van der Waals surface area contributed by atoms with Crippen molar-refractivity contribution in [3.63, 3.8) is 0 Å². The molecule has 2 aliphatic carbocycles. The Morgan fingerprint density at radius 2 is 1.91 bits per heavy atom. The lowest BCUT2D eigenvalue weighted by atomic mass is 9.80. The highest BCUT2D eigenvalue weighted by molar-refractivity contribution is 5.63. The van der Waals surface area contributed by atoms with E-state index in [4.69, 9.17) is 4.98 Å². The topological polar surface area (TPSA) is 97.3 Å². The standard InChI is InChI=1S/C23H16F2N6O/c24-15-2-1-3-16(25)20(15)17-6-14-12-4-5-23(7-12,21(14)31-30-17)19-11-26-10-18(29-19)13-8-27-22(32)28-9-13/h1-3,6,8-12H,4-5,7H2,(H,27,28,32)/t12-,23+/m1/s1. The molecule has 0 unspecified atom stereocenters. The molecule has 3 aromatic heterocycles. The summed E-state index contributed by atoms with van der Waals surface area (Å²) in [6, 6.07) is 5.52. The smallest absolute Gasteiger partial charge is 0.312 e. The van der Waals surface area contributed by atoms with Gasteiger partial charge in [0.15, 0.2) is 0 Å². The van der Waals surface area contributed by atoms with Crippen molar-refractivity contribution in [3.8, 4) is 22.5 Å². The van der Waals surface area contributed by atoms with E-state index in [9.17, 15) is 13.6 Å². The quantitative estimate of drug-likeness (QED) is 0.534. The molecule has 0 saturated heterocycles. The first-order chi connectivity index (χ1) is 15.5. The summed E-state index contributed by atoms with van der Waals surface area (Å²) >= 11 is 0. The third-order valence-corrected chi connectivity index (χ3v) is 6.54. The zero-order valence-corrected chi connectivity index (χ0v) is 16.7. The molecule has 158 valence electrons. The fraction of sp³-hybridized carbons (Fsp3) is 0.217. The fourth-order valence-electron chi connectivity index (χ4n) is 5.05. The Balaban J connectivity index is 1.45. The predicted octanol–water partition coefficient (Wildman–Crippen LogP) is 3.53. The van der Waals surface area contributed by atoms with Gasteiger partial charge in [-0.1, -0.05) is 6.07 Å². The largest absolute Gasteiger partial charge is 0.344 e. The number of hydrogen-bond acceptors (Lipinski definition) is 6. The van der Waals surface area contributed by atoms with E-state index in [0.717, 1.165) is 36.2 Å². The Morgan fingerprint density at radius 1 is 1.06 bits per heavy atom. The molecule has 2 bridgehead atoms. The van der Waals surface area contributed by atoms with Crippen LogP contribution in [0, 0.1) is 11.6 Å². The first kappa shape index (κ1) is 18.9. The number of hydrogen-bond donors (Lipinski definition) is 1. The SMILES string of the molecule is O=c1ncc(-c2cncc([C@]34CC[C@H](C3)c3cc(-c5c(F)cccc5F)nnc34)n2)c[nH]1. The predicted molar refractivity (Wildman–Crippen MR) is 111 cm³/mol. The van der Waals surface area contributed by atoms with E-state index in [1.165, 1.54) is 24.4 Å². The van der Waals surface area contributed by atoms with E-state index in [1.807, 2.05) is 0 Å². The van der Waals surface area contributed by atoms with Gasteiger partial charge in [0.1, 0.15) is 11.6 Å². The summed E-state index contributed by atoms with van der Waals surface area (Å²) in [5, 5.41) is 8.65. The van der Waals surface area contributed by atoms with E-state index in [2.05, 4.69) is 25.1 Å². The van der Waals surface area contributed by atoms with Crippen LogP contribution in [0.5, 0.6) is 0 Å². The molecule has 9 heteroatoms. The first-order valence-electron chi connectivity index (χ1n) is 10.3. The molecule has 0 aliphatic heterocycles. The van der Waals surface area contributed by atoms with Crippen LogP contribution in [0.3, 0.4) is 0 Å². The molecule has 1 saturated carbocycles. The fourth-order valence-corrected chi connectivity index (χ4v) is 5.05. The zero-order valence-electron chi connectivity index (χ0n) is 16.7. The van der Waals surface area contributed by atoms with Crippen LogP contribution in [0.2, 0.25) is 0 Å². The van der Waals surface area contributed by atoms with Gasteiger partial charge in [-0.05, 0) is 48.9 Å². The van der Waals surface area contributed by atoms with Crippen LogP contribution in [-0.4, -0.2) is 30.1 Å². The highest BCUT2D eigenvalue weighted by Gasteiger charge is 2.53. The van der Waals surface area contributed by atoms with Gasteiger partial charge in [0.05, 0.1) is 40.0 Å². The summed E-state index contributed by atoms with van der Waals surface area (Å²) in [5.41, 5.74) is 2.92. The maximum absolute atomic E-state index is 14.3. The molecular formula is C23H16F2N6O. The Hall–Kier alpha value is -3.88. The minimum Gasteiger partial charge on any atom is -0.312 e. The molecule has 7 nitrogen and oxygen atoms in total. The maximum Gasteiger partial charge on any atom is 0.344 e. The molecule has 1 fully saturated rings. The second-order valence-corrected chi connectivity index (χ2v) is 8.25. The van der Waals surface area contributed by atoms with Gasteiger partial charge in [0, 0.05) is 24.2 Å². The number of halogens is 2. The van der Waals surface area contributed by atoms with Crippen LogP contribution in [-0.2, 0) is 5.41 Å². The minimum atomic E-state index is -0.662. The molecule has 2 aliphatic rings. The third kappa shape index (κ3) is 2.70. The van der Waals surface area contributed by atoms with Crippen molar-refractivity contribution in [2.75, 3.05) is 0 Å². The number of nitrogens with zero attached hydrogens (tertiary/aromatic N) is 5. The minimum absolute atomic E-state index is 0.160. The van der Waals surface area contributed by atoms with Crippen molar-refractivity contribution < 1.29 is 8.78 Å². The van der Waals surface area contributed by atoms with Crippen LogP contribution < -0.4 is 5.69 Å². The molecule has 1 aromatic carbocycles. The van der Waals surface area contributed by atoms with Crippen LogP contribution in [0.4, 0.5) is 8.78 Å².